The lowest BCUT2D eigenvalue weighted by atomic mass is 10.2. The number of hydrogen-bond donors (Lipinski definition) is 1. The van der Waals surface area contributed by atoms with Gasteiger partial charge in [-0.3, -0.25) is 4.79 Å². The molecule has 0 aliphatic carbocycles. The molecule has 0 aliphatic heterocycles. The van der Waals surface area contributed by atoms with E-state index in [-0.39, 0.29) is 10.8 Å². The molecule has 0 saturated carbocycles. The standard InChI is InChI=1S/C12H16BrNO3/c1-16-10-5-3-9(4-6-10)7-14-8-11(13)12(15)17-2/h3-6,11,14H,7-8H2,1-2H3. The van der Waals surface area contributed by atoms with E-state index in [0.29, 0.717) is 13.1 Å². The van der Waals surface area contributed by atoms with E-state index in [9.17, 15) is 4.79 Å². The lowest BCUT2D eigenvalue weighted by molar-refractivity contribution is -0.139. The molecule has 4 nitrogen and oxygen atoms in total. The molecule has 1 rings (SSSR count). The molecule has 0 aliphatic rings. The van der Waals surface area contributed by atoms with E-state index in [0.717, 1.165) is 11.3 Å². The number of esters is 1. The van der Waals surface area contributed by atoms with E-state index in [1.165, 1.54) is 7.11 Å². The predicted octanol–water partition coefficient (Wildman–Crippen LogP) is 1.72. The Labute approximate surface area is 109 Å². The molecule has 0 amide bonds. The maximum Gasteiger partial charge on any atom is 0.320 e. The molecule has 94 valence electrons. The Bertz CT molecular complexity index is 353. The number of rotatable bonds is 6. The van der Waals surface area contributed by atoms with Crippen LogP contribution in [0.25, 0.3) is 0 Å². The Hall–Kier alpha value is -1.07. The molecule has 0 spiro atoms. The zero-order chi connectivity index (χ0) is 12.7. The van der Waals surface area contributed by atoms with Crippen LogP contribution in [0.1, 0.15) is 5.56 Å². The highest BCUT2D eigenvalue weighted by Gasteiger charge is 2.13. The van der Waals surface area contributed by atoms with E-state index in [2.05, 4.69) is 26.0 Å². The number of hydrogen-bond acceptors (Lipinski definition) is 4. The maximum atomic E-state index is 11.1. The van der Waals surface area contributed by atoms with Crippen molar-refractivity contribution in [2.24, 2.45) is 0 Å². The van der Waals surface area contributed by atoms with Gasteiger partial charge >= 0.3 is 5.97 Å². The van der Waals surface area contributed by atoms with Crippen LogP contribution >= 0.6 is 15.9 Å². The number of halogens is 1. The monoisotopic (exact) mass is 301 g/mol. The normalized spacial score (nSPS) is 11.9. The average Bonchev–Trinajstić information content (AvgIpc) is 2.38. The molecule has 1 aromatic carbocycles. The van der Waals surface area contributed by atoms with E-state index < -0.39 is 0 Å². The van der Waals surface area contributed by atoms with Gasteiger partial charge in [-0.25, -0.2) is 0 Å². The fraction of sp³-hybridized carbons (Fsp3) is 0.417. The van der Waals surface area contributed by atoms with E-state index >= 15 is 0 Å². The Morgan fingerprint density at radius 2 is 2.00 bits per heavy atom. The topological polar surface area (TPSA) is 47.6 Å². The molecule has 0 fully saturated rings. The van der Waals surface area contributed by atoms with Crippen molar-refractivity contribution in [1.82, 2.24) is 5.32 Å². The van der Waals surface area contributed by atoms with Crippen molar-refractivity contribution in [1.29, 1.82) is 0 Å². The highest BCUT2D eigenvalue weighted by molar-refractivity contribution is 9.10. The number of methoxy groups -OCH3 is 2. The van der Waals surface area contributed by atoms with Crippen molar-refractivity contribution in [2.45, 2.75) is 11.4 Å². The Kier molecular flexibility index (Phi) is 6.00. The molecule has 0 radical (unpaired) electrons. The van der Waals surface area contributed by atoms with Gasteiger partial charge in [-0.15, -0.1) is 0 Å². The van der Waals surface area contributed by atoms with E-state index in [4.69, 9.17) is 4.74 Å². The second-order valence-corrected chi connectivity index (χ2v) is 4.57. The zero-order valence-electron chi connectivity index (χ0n) is 9.90. The lowest BCUT2D eigenvalue weighted by Gasteiger charge is -2.09. The molecule has 0 heterocycles. The van der Waals surface area contributed by atoms with Crippen molar-refractivity contribution in [3.8, 4) is 5.75 Å². The summed E-state index contributed by atoms with van der Waals surface area (Å²) in [5, 5.41) is 3.17. The van der Waals surface area contributed by atoms with Gasteiger partial charge in [0, 0.05) is 13.1 Å². The molecular weight excluding hydrogens is 286 g/mol. The van der Waals surface area contributed by atoms with Crippen molar-refractivity contribution in [2.75, 3.05) is 20.8 Å². The molecule has 1 unspecified atom stereocenters. The van der Waals surface area contributed by atoms with Crippen LogP contribution in [-0.4, -0.2) is 31.6 Å². The maximum absolute atomic E-state index is 11.1. The summed E-state index contributed by atoms with van der Waals surface area (Å²) in [4.78, 5) is 10.8. The van der Waals surface area contributed by atoms with Crippen molar-refractivity contribution in [3.63, 3.8) is 0 Å². The molecular formula is C12H16BrNO3. The average molecular weight is 302 g/mol. The summed E-state index contributed by atoms with van der Waals surface area (Å²) in [6.07, 6.45) is 0. The number of benzene rings is 1. The minimum Gasteiger partial charge on any atom is -0.497 e. The quantitative estimate of drug-likeness (QED) is 0.642. The van der Waals surface area contributed by atoms with Crippen LogP contribution in [0.3, 0.4) is 0 Å². The van der Waals surface area contributed by atoms with Crippen LogP contribution in [-0.2, 0) is 16.1 Å². The molecule has 0 aromatic heterocycles. The summed E-state index contributed by atoms with van der Waals surface area (Å²) in [7, 11) is 3.01. The Balaban J connectivity index is 2.33. The third-order valence-corrected chi connectivity index (χ3v) is 2.97. The van der Waals surface area contributed by atoms with Gasteiger partial charge in [-0.1, -0.05) is 28.1 Å². The smallest absolute Gasteiger partial charge is 0.320 e. The van der Waals surface area contributed by atoms with Crippen LogP contribution in [0.2, 0.25) is 0 Å². The third-order valence-electron chi connectivity index (χ3n) is 2.27. The summed E-state index contributed by atoms with van der Waals surface area (Å²) < 4.78 is 9.67. The van der Waals surface area contributed by atoms with Crippen LogP contribution in [0.4, 0.5) is 0 Å². The van der Waals surface area contributed by atoms with Crippen molar-refractivity contribution >= 4 is 21.9 Å². The predicted molar refractivity (Wildman–Crippen MR) is 69.4 cm³/mol. The second kappa shape index (κ2) is 7.29. The minimum absolute atomic E-state index is 0.271. The SMILES string of the molecule is COC(=O)C(Br)CNCc1ccc(OC)cc1. The van der Waals surface area contributed by atoms with E-state index in [1.54, 1.807) is 7.11 Å². The number of ether oxygens (including phenoxy) is 2. The molecule has 1 aromatic rings. The first-order valence-electron chi connectivity index (χ1n) is 5.23. The first kappa shape index (κ1) is 14.0. The molecule has 0 bridgehead atoms. The molecule has 0 saturated heterocycles. The van der Waals surface area contributed by atoms with E-state index in [1.807, 2.05) is 24.3 Å². The number of alkyl halides is 1. The number of carbonyl (C=O) groups excluding carboxylic acids is 1. The summed E-state index contributed by atoms with van der Waals surface area (Å²) in [5.74, 6) is 0.564. The van der Waals surface area contributed by atoms with Crippen molar-refractivity contribution in [3.05, 3.63) is 29.8 Å². The summed E-state index contributed by atoms with van der Waals surface area (Å²) in [5.41, 5.74) is 1.13. The molecule has 5 heteroatoms. The number of carbonyl (C=O) groups is 1. The summed E-state index contributed by atoms with van der Waals surface area (Å²) in [6, 6.07) is 7.77. The van der Waals surface area contributed by atoms with Gasteiger partial charge in [0.05, 0.1) is 14.2 Å². The fourth-order valence-electron chi connectivity index (χ4n) is 1.30. The van der Waals surface area contributed by atoms with Gasteiger partial charge in [0.2, 0.25) is 0 Å². The molecule has 1 atom stereocenters. The fourth-order valence-corrected chi connectivity index (χ4v) is 1.71. The first-order valence-corrected chi connectivity index (χ1v) is 6.14. The van der Waals surface area contributed by atoms with Gasteiger partial charge in [0.1, 0.15) is 10.6 Å². The van der Waals surface area contributed by atoms with Crippen LogP contribution in [0, 0.1) is 0 Å². The summed E-state index contributed by atoms with van der Waals surface area (Å²) in [6.45, 7) is 1.22. The first-order chi connectivity index (χ1) is 8.17. The zero-order valence-corrected chi connectivity index (χ0v) is 11.5. The van der Waals surface area contributed by atoms with Gasteiger partial charge in [0.15, 0.2) is 0 Å². The molecule has 1 N–H and O–H groups in total. The highest BCUT2D eigenvalue weighted by Crippen LogP contribution is 2.11. The minimum atomic E-state index is -0.314. The third kappa shape index (κ3) is 4.75. The van der Waals surface area contributed by atoms with Crippen LogP contribution < -0.4 is 10.1 Å². The van der Waals surface area contributed by atoms with Gasteiger partial charge in [0.25, 0.3) is 0 Å². The summed E-state index contributed by atoms with van der Waals surface area (Å²) >= 11 is 3.24. The Morgan fingerprint density at radius 1 is 1.35 bits per heavy atom. The largest absolute Gasteiger partial charge is 0.497 e. The lowest BCUT2D eigenvalue weighted by Crippen LogP contribution is -2.29. The Morgan fingerprint density at radius 3 is 2.53 bits per heavy atom. The van der Waals surface area contributed by atoms with Gasteiger partial charge < -0.3 is 14.8 Å². The second-order valence-electron chi connectivity index (χ2n) is 3.47. The highest BCUT2D eigenvalue weighted by atomic mass is 79.9. The van der Waals surface area contributed by atoms with Gasteiger partial charge in [-0.2, -0.15) is 0 Å². The number of nitrogens with one attached hydrogen (secondary N) is 1. The van der Waals surface area contributed by atoms with Crippen LogP contribution in [0.5, 0.6) is 5.75 Å². The van der Waals surface area contributed by atoms with Crippen molar-refractivity contribution < 1.29 is 14.3 Å². The van der Waals surface area contributed by atoms with Crippen LogP contribution in [0.15, 0.2) is 24.3 Å². The van der Waals surface area contributed by atoms with Gasteiger partial charge in [-0.05, 0) is 17.7 Å². The molecule has 17 heavy (non-hydrogen) atoms.